The molecule has 0 aliphatic rings. The van der Waals surface area contributed by atoms with E-state index in [1.165, 1.54) is 16.9 Å². The van der Waals surface area contributed by atoms with Gasteiger partial charge in [-0.15, -0.1) is 23.1 Å². The van der Waals surface area contributed by atoms with Crippen molar-refractivity contribution in [2.24, 2.45) is 0 Å². The molecule has 7 heteroatoms. The van der Waals surface area contributed by atoms with Crippen LogP contribution in [0.1, 0.15) is 20.8 Å². The van der Waals surface area contributed by atoms with Gasteiger partial charge in [0.05, 0.1) is 0 Å². The van der Waals surface area contributed by atoms with E-state index in [1.54, 1.807) is 36.0 Å². The number of nitrogens with two attached hydrogens (primary N) is 1. The Morgan fingerprint density at radius 1 is 0.967 bits per heavy atom. The number of hydrogen-bond acceptors (Lipinski definition) is 4. The lowest BCUT2D eigenvalue weighted by atomic mass is 10.1. The maximum atomic E-state index is 13.1. The number of carbonyl (C=O) groups excluding carboxylic acids is 1. The van der Waals surface area contributed by atoms with Crippen LogP contribution < -0.4 is 27.3 Å². The van der Waals surface area contributed by atoms with E-state index in [4.69, 9.17) is 17.3 Å². The van der Waals surface area contributed by atoms with Gasteiger partial charge in [0, 0.05) is 28.5 Å². The first kappa shape index (κ1) is 22.6. The maximum absolute atomic E-state index is 13.1. The highest BCUT2D eigenvalue weighted by Gasteiger charge is 2.28. The summed E-state index contributed by atoms with van der Waals surface area (Å²) >= 11 is 9.09. The standard InChI is InChI=1S/C23H17ClN2OS2.BrH/c24-18-11-9-17(10-12-18)21(27)22-19(25)20(26-13-5-2-6-14-26)23(29-22)28-15-16-7-3-1-4-8-16;/h1-14H,15H2,(H-,25,27);1H. The molecule has 0 saturated heterocycles. The minimum absolute atomic E-state index is 0. The Morgan fingerprint density at radius 3 is 2.27 bits per heavy atom. The first-order valence-corrected chi connectivity index (χ1v) is 11.2. The Morgan fingerprint density at radius 2 is 1.60 bits per heavy atom. The SMILES string of the molecule is Nc1c(C(=O)c2ccc(Cl)cc2)sc(SCc2ccccc2)c1-[n+]1ccccc1.[Br-]. The number of pyridine rings is 1. The van der Waals surface area contributed by atoms with Gasteiger partial charge in [-0.3, -0.25) is 4.79 Å². The molecule has 0 unspecified atom stereocenters. The lowest BCUT2D eigenvalue weighted by Crippen LogP contribution is -3.00. The van der Waals surface area contributed by atoms with Crippen molar-refractivity contribution < 1.29 is 26.3 Å². The van der Waals surface area contributed by atoms with Crippen LogP contribution in [0.3, 0.4) is 0 Å². The summed E-state index contributed by atoms with van der Waals surface area (Å²) in [4.78, 5) is 13.7. The van der Waals surface area contributed by atoms with Crippen molar-refractivity contribution in [2.45, 2.75) is 9.96 Å². The van der Waals surface area contributed by atoms with Crippen molar-refractivity contribution >= 4 is 46.2 Å². The Kier molecular flexibility index (Phi) is 7.72. The summed E-state index contributed by atoms with van der Waals surface area (Å²) in [6.45, 7) is 0. The summed E-state index contributed by atoms with van der Waals surface area (Å²) in [7, 11) is 0. The summed E-state index contributed by atoms with van der Waals surface area (Å²) in [6, 6.07) is 23.0. The fourth-order valence-corrected chi connectivity index (χ4v) is 5.47. The van der Waals surface area contributed by atoms with Crippen LogP contribution in [0.5, 0.6) is 0 Å². The van der Waals surface area contributed by atoms with E-state index in [0.717, 1.165) is 15.6 Å². The molecule has 30 heavy (non-hydrogen) atoms. The van der Waals surface area contributed by atoms with Gasteiger partial charge in [0.2, 0.25) is 5.78 Å². The summed E-state index contributed by atoms with van der Waals surface area (Å²) in [5, 5.41) is 0.598. The summed E-state index contributed by atoms with van der Waals surface area (Å²) in [5.41, 5.74) is 9.66. The molecule has 4 rings (SSSR count). The van der Waals surface area contributed by atoms with Gasteiger partial charge in [-0.05, 0) is 29.8 Å². The number of anilines is 1. The van der Waals surface area contributed by atoms with E-state index < -0.39 is 0 Å². The molecule has 0 spiro atoms. The molecule has 0 saturated carbocycles. The molecular weight excluding hydrogens is 500 g/mol. The fraction of sp³-hybridized carbons (Fsp3) is 0.0435. The van der Waals surface area contributed by atoms with Gasteiger partial charge in [0.1, 0.15) is 14.8 Å². The van der Waals surface area contributed by atoms with Crippen LogP contribution in [-0.4, -0.2) is 5.78 Å². The number of hydrogen-bond donors (Lipinski definition) is 1. The van der Waals surface area contributed by atoms with Crippen molar-refractivity contribution in [3.05, 3.63) is 106 Å². The van der Waals surface area contributed by atoms with Gasteiger partial charge in [-0.2, -0.15) is 4.57 Å². The molecule has 0 amide bonds. The first-order valence-electron chi connectivity index (χ1n) is 8.99. The summed E-state index contributed by atoms with van der Waals surface area (Å²) < 4.78 is 2.98. The smallest absolute Gasteiger partial charge is 0.259 e. The van der Waals surface area contributed by atoms with Crippen molar-refractivity contribution in [1.29, 1.82) is 0 Å². The number of ketones is 1. The van der Waals surface area contributed by atoms with Crippen molar-refractivity contribution in [1.82, 2.24) is 0 Å². The molecule has 4 aromatic rings. The van der Waals surface area contributed by atoms with E-state index >= 15 is 0 Å². The Hall–Kier alpha value is -2.12. The molecule has 3 nitrogen and oxygen atoms in total. The number of nitrogen functional groups attached to an aromatic ring is 1. The third kappa shape index (κ3) is 4.95. The van der Waals surface area contributed by atoms with Crippen LogP contribution in [-0.2, 0) is 5.75 Å². The molecule has 0 atom stereocenters. The summed E-state index contributed by atoms with van der Waals surface area (Å²) in [6.07, 6.45) is 3.89. The quantitative estimate of drug-likeness (QED) is 0.243. The van der Waals surface area contributed by atoms with Crippen LogP contribution in [0, 0.1) is 0 Å². The van der Waals surface area contributed by atoms with Crippen molar-refractivity contribution in [3.63, 3.8) is 0 Å². The minimum Gasteiger partial charge on any atom is -1.00 e. The number of nitrogens with zero attached hydrogens (tertiary/aromatic N) is 1. The number of halogens is 2. The first-order chi connectivity index (χ1) is 14.1. The number of benzene rings is 2. The fourth-order valence-electron chi connectivity index (χ4n) is 2.93. The zero-order valence-corrected chi connectivity index (χ0v) is 19.8. The third-order valence-corrected chi connectivity index (χ3v) is 7.16. The topological polar surface area (TPSA) is 47.0 Å². The van der Waals surface area contributed by atoms with Gasteiger partial charge in [0.25, 0.3) is 5.69 Å². The van der Waals surface area contributed by atoms with E-state index in [1.807, 2.05) is 53.4 Å². The molecule has 0 aliphatic carbocycles. The number of carbonyl (C=O) groups is 1. The second-order valence-electron chi connectivity index (χ2n) is 6.37. The molecule has 2 aromatic carbocycles. The lowest BCUT2D eigenvalue weighted by molar-refractivity contribution is -0.596. The van der Waals surface area contributed by atoms with Gasteiger partial charge in [-0.25, -0.2) is 0 Å². The molecule has 152 valence electrons. The molecule has 0 bridgehead atoms. The second-order valence-corrected chi connectivity index (χ2v) is 9.08. The Labute approximate surface area is 199 Å². The average molecular weight is 518 g/mol. The third-order valence-electron chi connectivity index (χ3n) is 4.39. The highest BCUT2D eigenvalue weighted by Crippen LogP contribution is 2.40. The van der Waals surface area contributed by atoms with Crippen LogP contribution in [0.4, 0.5) is 5.69 Å². The van der Waals surface area contributed by atoms with Gasteiger partial charge < -0.3 is 22.7 Å². The number of thiophene rings is 1. The zero-order chi connectivity index (χ0) is 20.2. The van der Waals surface area contributed by atoms with E-state index in [-0.39, 0.29) is 22.8 Å². The van der Waals surface area contributed by atoms with Gasteiger partial charge in [0.15, 0.2) is 12.4 Å². The molecule has 0 aliphatic heterocycles. The predicted molar refractivity (Wildman–Crippen MR) is 121 cm³/mol. The van der Waals surface area contributed by atoms with Crippen LogP contribution in [0.25, 0.3) is 5.69 Å². The van der Waals surface area contributed by atoms with Gasteiger partial charge >= 0.3 is 0 Å². The van der Waals surface area contributed by atoms with Crippen LogP contribution >= 0.6 is 34.7 Å². The van der Waals surface area contributed by atoms with Crippen molar-refractivity contribution in [2.75, 3.05) is 5.73 Å². The largest absolute Gasteiger partial charge is 1.00 e. The van der Waals surface area contributed by atoms with Crippen LogP contribution in [0.15, 0.2) is 89.4 Å². The lowest BCUT2D eigenvalue weighted by Gasteiger charge is -2.01. The van der Waals surface area contributed by atoms with E-state index in [2.05, 4.69) is 12.1 Å². The monoisotopic (exact) mass is 516 g/mol. The highest BCUT2D eigenvalue weighted by molar-refractivity contribution is 8.00. The summed E-state index contributed by atoms with van der Waals surface area (Å²) in [5.74, 6) is 0.712. The van der Waals surface area contributed by atoms with E-state index in [9.17, 15) is 4.79 Å². The van der Waals surface area contributed by atoms with E-state index in [0.29, 0.717) is 21.2 Å². The molecule has 2 aromatic heterocycles. The van der Waals surface area contributed by atoms with Crippen molar-refractivity contribution in [3.8, 4) is 5.69 Å². The highest BCUT2D eigenvalue weighted by atomic mass is 79.9. The molecule has 0 radical (unpaired) electrons. The second kappa shape index (κ2) is 10.3. The predicted octanol–water partition coefficient (Wildman–Crippen LogP) is 2.79. The number of aromatic nitrogens is 1. The Bertz CT molecular complexity index is 1130. The number of thioether (sulfide) groups is 1. The van der Waals surface area contributed by atoms with Crippen LogP contribution in [0.2, 0.25) is 5.02 Å². The van der Waals surface area contributed by atoms with Gasteiger partial charge in [-0.1, -0.05) is 48.0 Å². The normalized spacial score (nSPS) is 10.4. The molecular formula is C23H18BrClN2OS2. The molecule has 0 fully saturated rings. The molecule has 2 N–H and O–H groups in total. The maximum Gasteiger partial charge on any atom is 0.259 e. The zero-order valence-electron chi connectivity index (χ0n) is 15.8. The molecule has 2 heterocycles. The minimum atomic E-state index is -0.0893. The Balaban J connectivity index is 0.00000256. The number of rotatable bonds is 6. The average Bonchev–Trinajstić information content (AvgIpc) is 3.10.